The van der Waals surface area contributed by atoms with Crippen molar-refractivity contribution in [3.8, 4) is 0 Å². The zero-order valence-corrected chi connectivity index (χ0v) is 36.4. The summed E-state index contributed by atoms with van der Waals surface area (Å²) in [4.78, 5) is 34.8. The quantitative estimate of drug-likeness (QED) is 0.0269. The molecule has 0 fully saturated rings. The molecule has 10 heteroatoms. The molecule has 0 rings (SSSR count). The van der Waals surface area contributed by atoms with Crippen LogP contribution in [0.2, 0.25) is 0 Å². The zero-order valence-electron chi connectivity index (χ0n) is 35.5. The van der Waals surface area contributed by atoms with E-state index in [9.17, 15) is 19.0 Å². The number of rotatable bonds is 39. The van der Waals surface area contributed by atoms with Crippen molar-refractivity contribution in [3.63, 3.8) is 0 Å². The Morgan fingerprint density at radius 3 is 1.44 bits per heavy atom. The highest BCUT2D eigenvalue weighted by Gasteiger charge is 2.25. The number of hydrogen-bond acceptors (Lipinski definition) is 8. The average Bonchev–Trinajstić information content (AvgIpc) is 3.20. The van der Waals surface area contributed by atoms with Crippen LogP contribution in [-0.2, 0) is 32.7 Å². The number of phosphoric ester groups is 1. The monoisotopic (exact) mass is 816 g/mol. The minimum Gasteiger partial charge on any atom is -0.462 e. The molecule has 9 nitrogen and oxygen atoms in total. The maximum atomic E-state index is 12.5. The molecule has 0 bridgehead atoms. The van der Waals surface area contributed by atoms with E-state index in [1.807, 2.05) is 24.3 Å². The first-order valence-corrected chi connectivity index (χ1v) is 23.2. The van der Waals surface area contributed by atoms with Crippen molar-refractivity contribution in [2.75, 3.05) is 26.4 Å². The van der Waals surface area contributed by atoms with Crippen molar-refractivity contribution in [1.82, 2.24) is 0 Å². The van der Waals surface area contributed by atoms with Gasteiger partial charge in [-0.1, -0.05) is 169 Å². The lowest BCUT2D eigenvalue weighted by Gasteiger charge is -2.19. The summed E-state index contributed by atoms with van der Waals surface area (Å²) < 4.78 is 32.6. The maximum absolute atomic E-state index is 12.5. The molecule has 0 amide bonds. The van der Waals surface area contributed by atoms with Gasteiger partial charge in [-0.2, -0.15) is 0 Å². The Hall–Kier alpha value is -3.07. The van der Waals surface area contributed by atoms with Gasteiger partial charge in [0, 0.05) is 19.4 Å². The molecule has 0 aliphatic carbocycles. The van der Waals surface area contributed by atoms with Crippen molar-refractivity contribution < 1.29 is 37.6 Å². The molecule has 57 heavy (non-hydrogen) atoms. The van der Waals surface area contributed by atoms with E-state index in [4.69, 9.17) is 24.3 Å². The van der Waals surface area contributed by atoms with Crippen LogP contribution in [0, 0.1) is 0 Å². The first-order valence-electron chi connectivity index (χ1n) is 21.7. The van der Waals surface area contributed by atoms with Crippen LogP contribution in [-0.4, -0.2) is 49.3 Å². The molecule has 0 spiro atoms. The van der Waals surface area contributed by atoms with Crippen molar-refractivity contribution >= 4 is 19.8 Å². The number of allylic oxidation sites excluding steroid dienone is 16. The molecule has 0 aromatic heterocycles. The predicted molar refractivity (Wildman–Crippen MR) is 238 cm³/mol. The van der Waals surface area contributed by atoms with Crippen LogP contribution in [0.1, 0.15) is 155 Å². The summed E-state index contributed by atoms with van der Waals surface area (Å²) in [7, 11) is -4.41. The fourth-order valence-electron chi connectivity index (χ4n) is 5.30. The van der Waals surface area contributed by atoms with E-state index in [1.165, 1.54) is 64.2 Å². The summed E-state index contributed by atoms with van der Waals surface area (Å²) in [6.45, 7) is 3.45. The van der Waals surface area contributed by atoms with E-state index in [1.54, 1.807) is 0 Å². The normalized spacial score (nSPS) is 14.2. The molecular formula is C47H78NO8P. The van der Waals surface area contributed by atoms with Crippen LogP contribution in [0.4, 0.5) is 0 Å². The molecule has 324 valence electrons. The lowest BCUT2D eigenvalue weighted by atomic mass is 10.1. The number of ether oxygens (including phenoxy) is 2. The van der Waals surface area contributed by atoms with Gasteiger partial charge in [0.1, 0.15) is 6.61 Å². The van der Waals surface area contributed by atoms with Crippen molar-refractivity contribution in [3.05, 3.63) is 97.2 Å². The van der Waals surface area contributed by atoms with Gasteiger partial charge in [-0.05, 0) is 70.6 Å². The van der Waals surface area contributed by atoms with E-state index in [0.29, 0.717) is 12.8 Å². The van der Waals surface area contributed by atoms with Gasteiger partial charge < -0.3 is 20.1 Å². The van der Waals surface area contributed by atoms with Crippen molar-refractivity contribution in [2.24, 2.45) is 5.73 Å². The van der Waals surface area contributed by atoms with Crippen molar-refractivity contribution in [2.45, 2.75) is 161 Å². The number of unbranched alkanes of at least 4 members (excludes halogenated alkanes) is 10. The largest absolute Gasteiger partial charge is 0.472 e. The number of nitrogens with two attached hydrogens (primary N) is 1. The summed E-state index contributed by atoms with van der Waals surface area (Å²) in [5.74, 6) is -1.01. The molecule has 0 aromatic rings. The molecule has 0 saturated heterocycles. The van der Waals surface area contributed by atoms with Crippen LogP contribution in [0.25, 0.3) is 0 Å². The Bertz CT molecular complexity index is 1250. The molecule has 0 heterocycles. The standard InChI is InChI=1S/C47H78NO8P/c1-3-5-7-9-11-13-15-17-19-21-22-24-26-28-30-32-34-36-38-40-47(50)56-45(44-55-57(51,52)54-42-41-48)43-53-46(49)39-37-35-33-31-29-27-25-23-20-18-16-14-12-10-8-6-4-2/h5,7,11,13,17,19,22,24,27-30,33-36,45H,3-4,6,8-10,12,14-16,18,20-21,23,25-26,31-32,37-44,48H2,1-2H3,(H,51,52). The van der Waals surface area contributed by atoms with Gasteiger partial charge in [0.25, 0.3) is 0 Å². The third-order valence-electron chi connectivity index (χ3n) is 8.48. The topological polar surface area (TPSA) is 134 Å². The summed E-state index contributed by atoms with van der Waals surface area (Å²) in [6.07, 6.45) is 54.7. The lowest BCUT2D eigenvalue weighted by Crippen LogP contribution is -2.29. The summed E-state index contributed by atoms with van der Waals surface area (Å²) in [6, 6.07) is 0. The number of phosphoric acid groups is 1. The van der Waals surface area contributed by atoms with Gasteiger partial charge in [0.05, 0.1) is 13.2 Å². The zero-order chi connectivity index (χ0) is 41.8. The second-order valence-corrected chi connectivity index (χ2v) is 15.3. The van der Waals surface area contributed by atoms with Crippen LogP contribution in [0.5, 0.6) is 0 Å². The third-order valence-corrected chi connectivity index (χ3v) is 9.47. The van der Waals surface area contributed by atoms with Crippen LogP contribution in [0.3, 0.4) is 0 Å². The maximum Gasteiger partial charge on any atom is 0.472 e. The Labute approximate surface area is 346 Å². The lowest BCUT2D eigenvalue weighted by molar-refractivity contribution is -0.161. The van der Waals surface area contributed by atoms with E-state index in [-0.39, 0.29) is 32.6 Å². The number of carbonyl (C=O) groups excluding carboxylic acids is 2. The average molecular weight is 816 g/mol. The van der Waals surface area contributed by atoms with E-state index >= 15 is 0 Å². The van der Waals surface area contributed by atoms with E-state index < -0.39 is 32.5 Å². The smallest absolute Gasteiger partial charge is 0.462 e. The van der Waals surface area contributed by atoms with Crippen LogP contribution >= 0.6 is 7.82 Å². The number of hydrogen-bond donors (Lipinski definition) is 2. The second-order valence-electron chi connectivity index (χ2n) is 13.8. The molecule has 3 N–H and O–H groups in total. The predicted octanol–water partition coefficient (Wildman–Crippen LogP) is 12.6. The van der Waals surface area contributed by atoms with Crippen LogP contribution in [0.15, 0.2) is 97.2 Å². The molecule has 0 radical (unpaired) electrons. The molecule has 0 saturated carbocycles. The first kappa shape index (κ1) is 53.9. The molecule has 0 aromatic carbocycles. The van der Waals surface area contributed by atoms with Gasteiger partial charge in [-0.15, -0.1) is 0 Å². The third kappa shape index (κ3) is 42.4. The number of esters is 2. The second kappa shape index (κ2) is 42.5. The van der Waals surface area contributed by atoms with Crippen LogP contribution < -0.4 is 5.73 Å². The Balaban J connectivity index is 4.37. The summed E-state index contributed by atoms with van der Waals surface area (Å²) in [5.41, 5.74) is 5.34. The minimum absolute atomic E-state index is 0.0304. The highest BCUT2D eigenvalue weighted by atomic mass is 31.2. The fraction of sp³-hybridized carbons (Fsp3) is 0.617. The molecule has 2 atom stereocenters. The van der Waals surface area contributed by atoms with E-state index in [0.717, 1.165) is 51.4 Å². The number of carbonyl (C=O) groups is 2. The van der Waals surface area contributed by atoms with E-state index in [2.05, 4.69) is 86.8 Å². The van der Waals surface area contributed by atoms with Crippen molar-refractivity contribution in [1.29, 1.82) is 0 Å². The highest BCUT2D eigenvalue weighted by molar-refractivity contribution is 7.47. The van der Waals surface area contributed by atoms with Gasteiger partial charge in [-0.3, -0.25) is 18.6 Å². The van der Waals surface area contributed by atoms with Gasteiger partial charge in [-0.25, -0.2) is 4.57 Å². The highest BCUT2D eigenvalue weighted by Crippen LogP contribution is 2.43. The summed E-state index contributed by atoms with van der Waals surface area (Å²) >= 11 is 0. The van der Waals surface area contributed by atoms with Gasteiger partial charge in [0.15, 0.2) is 6.10 Å². The summed E-state index contributed by atoms with van der Waals surface area (Å²) in [5, 5.41) is 0. The molecule has 0 aliphatic rings. The Kier molecular flexibility index (Phi) is 40.2. The molecular weight excluding hydrogens is 737 g/mol. The Morgan fingerprint density at radius 2 is 0.965 bits per heavy atom. The SMILES string of the molecule is CCC=CCC=CCC=CCC=CCC=CCC=CCCC(=O)OC(COC(=O)CCC=CCC=CCCCCCCCCCCCC)COP(=O)(O)OCCN. The minimum atomic E-state index is -4.41. The molecule has 0 aliphatic heterocycles. The Morgan fingerprint density at radius 1 is 0.544 bits per heavy atom. The molecule has 2 unspecified atom stereocenters. The van der Waals surface area contributed by atoms with Gasteiger partial charge >= 0.3 is 19.8 Å². The fourth-order valence-corrected chi connectivity index (χ4v) is 6.07. The first-order chi connectivity index (χ1) is 27.8. The van der Waals surface area contributed by atoms with Gasteiger partial charge in [0.2, 0.25) is 0 Å².